The van der Waals surface area contributed by atoms with Crippen molar-refractivity contribution in [3.63, 3.8) is 0 Å². The van der Waals surface area contributed by atoms with Gasteiger partial charge in [0.05, 0.1) is 0 Å². The first-order valence-corrected chi connectivity index (χ1v) is 4.39. The molecule has 1 fully saturated rings. The van der Waals surface area contributed by atoms with Crippen molar-refractivity contribution in [3.8, 4) is 0 Å². The molecule has 4 heteroatoms. The number of hydrogen-bond acceptors (Lipinski definition) is 3. The summed E-state index contributed by atoms with van der Waals surface area (Å²) < 4.78 is 0. The van der Waals surface area contributed by atoms with Gasteiger partial charge in [-0.3, -0.25) is 4.79 Å². The van der Waals surface area contributed by atoms with Crippen LogP contribution in [0.2, 0.25) is 0 Å². The maximum Gasteiger partial charge on any atom is 0.248 e. The smallest absolute Gasteiger partial charge is 0.248 e. The van der Waals surface area contributed by atoms with Crippen LogP contribution in [0.1, 0.15) is 19.8 Å². The first kappa shape index (κ1) is 9.48. The zero-order valence-electron chi connectivity index (χ0n) is 7.34. The average molecular weight is 172 g/mol. The van der Waals surface area contributed by atoms with Gasteiger partial charge in [-0.25, -0.2) is 0 Å². The highest BCUT2D eigenvalue weighted by Gasteiger charge is 2.15. The number of nitrogens with one attached hydrogen (secondary N) is 2. The number of carbonyl (C=O) groups is 1. The Bertz CT molecular complexity index is 153. The predicted molar refractivity (Wildman–Crippen MR) is 45.7 cm³/mol. The Kier molecular flexibility index (Phi) is 3.49. The second-order valence-corrected chi connectivity index (χ2v) is 3.21. The lowest BCUT2D eigenvalue weighted by atomic mass is 10.2. The number of amides is 1. The van der Waals surface area contributed by atoms with Crippen LogP contribution in [0.3, 0.4) is 0 Å². The van der Waals surface area contributed by atoms with Gasteiger partial charge in [-0.15, -0.1) is 0 Å². The van der Waals surface area contributed by atoms with Crippen LogP contribution < -0.4 is 10.6 Å². The van der Waals surface area contributed by atoms with Crippen LogP contribution in [0, 0.1) is 0 Å². The van der Waals surface area contributed by atoms with Crippen LogP contribution >= 0.6 is 0 Å². The van der Waals surface area contributed by atoms with Gasteiger partial charge in [0.1, 0.15) is 6.10 Å². The molecule has 0 bridgehead atoms. The summed E-state index contributed by atoms with van der Waals surface area (Å²) in [6, 6.07) is 0.396. The van der Waals surface area contributed by atoms with Gasteiger partial charge in [0.25, 0.3) is 0 Å². The highest BCUT2D eigenvalue weighted by Crippen LogP contribution is 2.02. The van der Waals surface area contributed by atoms with Crippen molar-refractivity contribution in [2.45, 2.75) is 31.9 Å². The third-order valence-corrected chi connectivity index (χ3v) is 2.06. The first-order valence-electron chi connectivity index (χ1n) is 4.39. The lowest BCUT2D eigenvalue weighted by Crippen LogP contribution is -2.40. The van der Waals surface area contributed by atoms with Gasteiger partial charge in [0, 0.05) is 12.6 Å². The van der Waals surface area contributed by atoms with Gasteiger partial charge in [0.15, 0.2) is 0 Å². The third-order valence-electron chi connectivity index (χ3n) is 2.06. The Morgan fingerprint density at radius 2 is 2.58 bits per heavy atom. The molecule has 0 radical (unpaired) electrons. The van der Waals surface area contributed by atoms with E-state index in [4.69, 9.17) is 5.11 Å². The minimum absolute atomic E-state index is 0.288. The van der Waals surface area contributed by atoms with E-state index >= 15 is 0 Å². The fourth-order valence-electron chi connectivity index (χ4n) is 1.30. The molecule has 1 rings (SSSR count). The normalized spacial score (nSPS) is 25.3. The molecule has 12 heavy (non-hydrogen) atoms. The largest absolute Gasteiger partial charge is 0.384 e. The fraction of sp³-hybridized carbons (Fsp3) is 0.875. The number of hydrogen-bond donors (Lipinski definition) is 3. The molecule has 70 valence electrons. The summed E-state index contributed by atoms with van der Waals surface area (Å²) in [4.78, 5) is 10.9. The van der Waals surface area contributed by atoms with E-state index < -0.39 is 6.10 Å². The molecule has 0 aliphatic carbocycles. The van der Waals surface area contributed by atoms with E-state index in [0.717, 1.165) is 13.0 Å². The van der Waals surface area contributed by atoms with Gasteiger partial charge >= 0.3 is 0 Å². The van der Waals surface area contributed by atoms with Gasteiger partial charge in [-0.1, -0.05) is 0 Å². The van der Waals surface area contributed by atoms with Crippen molar-refractivity contribution in [2.24, 2.45) is 0 Å². The summed E-state index contributed by atoms with van der Waals surface area (Å²) >= 11 is 0. The van der Waals surface area contributed by atoms with E-state index in [-0.39, 0.29) is 5.91 Å². The van der Waals surface area contributed by atoms with E-state index in [0.29, 0.717) is 12.6 Å². The molecule has 0 aromatic carbocycles. The third kappa shape index (κ3) is 2.79. The Hall–Kier alpha value is -0.610. The van der Waals surface area contributed by atoms with Crippen LogP contribution in [-0.4, -0.2) is 36.2 Å². The van der Waals surface area contributed by atoms with Gasteiger partial charge in [0.2, 0.25) is 5.91 Å². The zero-order chi connectivity index (χ0) is 8.97. The molecule has 3 N–H and O–H groups in total. The van der Waals surface area contributed by atoms with Crippen LogP contribution in [0.25, 0.3) is 0 Å². The summed E-state index contributed by atoms with van der Waals surface area (Å²) in [5.41, 5.74) is 0. The molecular weight excluding hydrogens is 156 g/mol. The van der Waals surface area contributed by atoms with E-state index in [1.165, 1.54) is 13.3 Å². The molecule has 0 saturated carbocycles. The Balaban J connectivity index is 2.12. The van der Waals surface area contributed by atoms with Crippen LogP contribution in [0.15, 0.2) is 0 Å². The minimum atomic E-state index is -0.897. The number of aliphatic hydroxyl groups excluding tert-OH is 1. The first-order chi connectivity index (χ1) is 5.70. The number of carbonyl (C=O) groups excluding carboxylic acids is 1. The van der Waals surface area contributed by atoms with Gasteiger partial charge < -0.3 is 15.7 Å². The van der Waals surface area contributed by atoms with Crippen LogP contribution in [0.5, 0.6) is 0 Å². The molecule has 0 aromatic rings. The number of aliphatic hydroxyl groups is 1. The van der Waals surface area contributed by atoms with Gasteiger partial charge in [-0.05, 0) is 26.3 Å². The Morgan fingerprint density at radius 3 is 3.08 bits per heavy atom. The van der Waals surface area contributed by atoms with Crippen molar-refractivity contribution >= 4 is 5.91 Å². The highest BCUT2D eigenvalue weighted by atomic mass is 16.3. The fourth-order valence-corrected chi connectivity index (χ4v) is 1.30. The molecule has 0 aromatic heterocycles. The summed E-state index contributed by atoms with van der Waals surface area (Å²) in [5.74, 6) is -0.288. The maximum atomic E-state index is 10.9. The summed E-state index contributed by atoms with van der Waals surface area (Å²) in [6.07, 6.45) is 1.39. The minimum Gasteiger partial charge on any atom is -0.384 e. The van der Waals surface area contributed by atoms with Crippen molar-refractivity contribution < 1.29 is 9.90 Å². The van der Waals surface area contributed by atoms with E-state index in [9.17, 15) is 4.79 Å². The molecule has 1 amide bonds. The van der Waals surface area contributed by atoms with Crippen molar-refractivity contribution in [1.29, 1.82) is 0 Å². The van der Waals surface area contributed by atoms with Crippen LogP contribution in [0.4, 0.5) is 0 Å². The SMILES string of the molecule is C[C@H](O)C(=O)NC[C@@H]1CCCN1. The summed E-state index contributed by atoms with van der Waals surface area (Å²) in [6.45, 7) is 3.14. The van der Waals surface area contributed by atoms with Crippen molar-refractivity contribution in [1.82, 2.24) is 10.6 Å². The monoisotopic (exact) mass is 172 g/mol. The van der Waals surface area contributed by atoms with Crippen LogP contribution in [-0.2, 0) is 4.79 Å². The quantitative estimate of drug-likeness (QED) is 0.524. The molecule has 4 nitrogen and oxygen atoms in total. The molecule has 1 aliphatic heterocycles. The second-order valence-electron chi connectivity index (χ2n) is 3.21. The number of rotatable bonds is 3. The average Bonchev–Trinajstić information content (AvgIpc) is 2.51. The molecule has 0 unspecified atom stereocenters. The molecular formula is C8H16N2O2. The standard InChI is InChI=1S/C8H16N2O2/c1-6(11)8(12)10-5-7-3-2-4-9-7/h6-7,9,11H,2-5H2,1H3,(H,10,12)/t6-,7-/m0/s1. The van der Waals surface area contributed by atoms with E-state index in [2.05, 4.69) is 10.6 Å². The molecule has 0 spiro atoms. The Labute approximate surface area is 72.3 Å². The highest BCUT2D eigenvalue weighted by molar-refractivity contribution is 5.79. The zero-order valence-corrected chi connectivity index (χ0v) is 7.34. The van der Waals surface area contributed by atoms with Crippen molar-refractivity contribution in [3.05, 3.63) is 0 Å². The van der Waals surface area contributed by atoms with Crippen molar-refractivity contribution in [2.75, 3.05) is 13.1 Å². The lowest BCUT2D eigenvalue weighted by molar-refractivity contribution is -0.128. The molecule has 1 aliphatic rings. The van der Waals surface area contributed by atoms with Gasteiger partial charge in [-0.2, -0.15) is 0 Å². The maximum absolute atomic E-state index is 10.9. The Morgan fingerprint density at radius 1 is 1.83 bits per heavy atom. The second kappa shape index (κ2) is 4.42. The predicted octanol–water partition coefficient (Wildman–Crippen LogP) is -0.765. The summed E-state index contributed by atoms with van der Waals surface area (Å²) in [7, 11) is 0. The topological polar surface area (TPSA) is 61.4 Å². The molecule has 1 heterocycles. The summed E-state index contributed by atoms with van der Waals surface area (Å²) in [5, 5.41) is 14.8. The molecule has 1 saturated heterocycles. The van der Waals surface area contributed by atoms with E-state index in [1.54, 1.807) is 0 Å². The van der Waals surface area contributed by atoms with E-state index in [1.807, 2.05) is 0 Å². The molecule has 2 atom stereocenters. The lowest BCUT2D eigenvalue weighted by Gasteiger charge is -2.12.